The van der Waals surface area contributed by atoms with Crippen molar-refractivity contribution in [1.29, 1.82) is 0 Å². The molecule has 5 heteroatoms. The van der Waals surface area contributed by atoms with Gasteiger partial charge in [-0.15, -0.1) is 0 Å². The van der Waals surface area contributed by atoms with Crippen molar-refractivity contribution in [3.8, 4) is 0 Å². The zero-order valence-corrected chi connectivity index (χ0v) is 12.7. The molecule has 0 fully saturated rings. The summed E-state index contributed by atoms with van der Waals surface area (Å²) in [6.07, 6.45) is 3.21. The minimum atomic E-state index is -0.0329. The zero-order chi connectivity index (χ0) is 15.5. The third-order valence-electron chi connectivity index (χ3n) is 4.36. The second kappa shape index (κ2) is 6.32. The van der Waals surface area contributed by atoms with Crippen LogP contribution in [0.1, 0.15) is 22.5 Å². The number of aromatic nitrogens is 2. The van der Waals surface area contributed by atoms with Gasteiger partial charge in [0, 0.05) is 18.2 Å². The van der Waals surface area contributed by atoms with Gasteiger partial charge in [-0.2, -0.15) is 0 Å². The topological polar surface area (TPSA) is 69.2 Å². The number of carbonyl (C=O) groups is 1. The molecular weight excluding hydrogens is 278 g/mol. The molecule has 0 radical (unpaired) electrons. The number of imidazole rings is 1. The van der Waals surface area contributed by atoms with Crippen molar-refractivity contribution in [1.82, 2.24) is 14.9 Å². The lowest BCUT2D eigenvalue weighted by Crippen LogP contribution is -2.38. The van der Waals surface area contributed by atoms with Crippen LogP contribution in [0.25, 0.3) is 0 Å². The average molecular weight is 299 g/mol. The van der Waals surface area contributed by atoms with E-state index in [2.05, 4.69) is 22.1 Å². The van der Waals surface area contributed by atoms with Gasteiger partial charge in [-0.05, 0) is 30.9 Å². The fraction of sp³-hybridized carbons (Fsp3) is 0.412. The van der Waals surface area contributed by atoms with Crippen molar-refractivity contribution in [2.45, 2.75) is 26.3 Å². The molecule has 5 nitrogen and oxygen atoms in total. The van der Waals surface area contributed by atoms with Crippen LogP contribution in [0.5, 0.6) is 0 Å². The Kier molecular flexibility index (Phi) is 4.24. The molecule has 3 rings (SSSR count). The van der Waals surface area contributed by atoms with Crippen molar-refractivity contribution in [3.63, 3.8) is 0 Å². The molecule has 1 aromatic carbocycles. The molecular formula is C17H21N3O2. The van der Waals surface area contributed by atoms with Gasteiger partial charge >= 0.3 is 0 Å². The summed E-state index contributed by atoms with van der Waals surface area (Å²) >= 11 is 0. The van der Waals surface area contributed by atoms with E-state index >= 15 is 0 Å². The lowest BCUT2D eigenvalue weighted by atomic mass is 10.0. The molecule has 22 heavy (non-hydrogen) atoms. The number of aliphatic hydroxyl groups is 1. The Labute approximate surface area is 130 Å². The van der Waals surface area contributed by atoms with Gasteiger partial charge in [0.1, 0.15) is 0 Å². The van der Waals surface area contributed by atoms with Crippen molar-refractivity contribution < 1.29 is 9.90 Å². The number of nitrogens with one attached hydrogen (secondary N) is 1. The minimum Gasteiger partial charge on any atom is -0.395 e. The van der Waals surface area contributed by atoms with E-state index in [0.717, 1.165) is 24.2 Å². The minimum absolute atomic E-state index is 0.0248. The fourth-order valence-electron chi connectivity index (χ4n) is 3.11. The maximum Gasteiger partial charge on any atom is 0.226 e. The molecule has 1 aliphatic rings. The molecule has 0 saturated carbocycles. The number of rotatable bonds is 5. The highest BCUT2D eigenvalue weighted by Gasteiger charge is 2.30. The van der Waals surface area contributed by atoms with E-state index in [9.17, 15) is 9.90 Å². The first-order chi connectivity index (χ1) is 10.7. The predicted octanol–water partition coefficient (Wildman–Crippen LogP) is 1.45. The predicted molar refractivity (Wildman–Crippen MR) is 83.2 cm³/mol. The number of H-pyrrole nitrogens is 1. The molecule has 1 aromatic heterocycles. The maximum absolute atomic E-state index is 12.8. The molecule has 1 aliphatic carbocycles. The Balaban J connectivity index is 1.72. The summed E-state index contributed by atoms with van der Waals surface area (Å²) < 4.78 is 0. The normalized spacial score (nSPS) is 14.1. The number of hydrogen-bond acceptors (Lipinski definition) is 3. The van der Waals surface area contributed by atoms with E-state index in [4.69, 9.17) is 0 Å². The maximum atomic E-state index is 12.8. The molecule has 0 spiro atoms. The van der Waals surface area contributed by atoms with Crippen LogP contribution in [0.15, 0.2) is 30.6 Å². The standard InChI is InChI=1S/C17H21N3O2/c1-12-16(19-11-18-12)10-20(6-7-21)17(22)15-8-13-4-2-3-5-14(13)9-15/h2-5,11,15,21H,6-10H2,1H3,(H,18,19). The number of aryl methyl sites for hydroxylation is 1. The lowest BCUT2D eigenvalue weighted by molar-refractivity contribution is -0.136. The Morgan fingerprint density at radius 3 is 2.59 bits per heavy atom. The first kappa shape index (κ1) is 14.8. The summed E-state index contributed by atoms with van der Waals surface area (Å²) in [5.41, 5.74) is 4.35. The van der Waals surface area contributed by atoms with Crippen LogP contribution in [-0.4, -0.2) is 39.0 Å². The van der Waals surface area contributed by atoms with E-state index in [1.54, 1.807) is 11.2 Å². The van der Waals surface area contributed by atoms with Gasteiger partial charge in [0.05, 0.1) is 25.2 Å². The Bertz CT molecular complexity index is 640. The highest BCUT2D eigenvalue weighted by Crippen LogP contribution is 2.28. The van der Waals surface area contributed by atoms with Gasteiger partial charge in [0.15, 0.2) is 0 Å². The molecule has 1 heterocycles. The summed E-state index contributed by atoms with van der Waals surface area (Å²) in [6, 6.07) is 8.22. The highest BCUT2D eigenvalue weighted by atomic mass is 16.3. The third-order valence-corrected chi connectivity index (χ3v) is 4.36. The SMILES string of the molecule is Cc1[nH]cnc1CN(CCO)C(=O)C1Cc2ccccc2C1. The fourth-order valence-corrected chi connectivity index (χ4v) is 3.11. The number of hydrogen-bond donors (Lipinski definition) is 2. The largest absolute Gasteiger partial charge is 0.395 e. The van der Waals surface area contributed by atoms with Crippen molar-refractivity contribution in [2.24, 2.45) is 5.92 Å². The Hall–Kier alpha value is -2.14. The van der Waals surface area contributed by atoms with Crippen LogP contribution < -0.4 is 0 Å². The van der Waals surface area contributed by atoms with Crippen LogP contribution >= 0.6 is 0 Å². The quantitative estimate of drug-likeness (QED) is 0.878. The number of aliphatic hydroxyl groups excluding tert-OH is 1. The Morgan fingerprint density at radius 2 is 2.05 bits per heavy atom. The van der Waals surface area contributed by atoms with Gasteiger partial charge in [-0.1, -0.05) is 24.3 Å². The smallest absolute Gasteiger partial charge is 0.226 e. The van der Waals surface area contributed by atoms with E-state index in [1.165, 1.54) is 11.1 Å². The molecule has 0 saturated heterocycles. The molecule has 0 unspecified atom stereocenters. The average Bonchev–Trinajstić information content (AvgIpc) is 3.12. The van der Waals surface area contributed by atoms with Gasteiger partial charge in [0.2, 0.25) is 5.91 Å². The molecule has 2 aromatic rings. The first-order valence-electron chi connectivity index (χ1n) is 7.64. The zero-order valence-electron chi connectivity index (χ0n) is 12.7. The number of fused-ring (bicyclic) bond motifs is 1. The van der Waals surface area contributed by atoms with Gasteiger partial charge < -0.3 is 15.0 Å². The first-order valence-corrected chi connectivity index (χ1v) is 7.64. The monoisotopic (exact) mass is 299 g/mol. The van der Waals surface area contributed by atoms with Crippen LogP contribution in [0.4, 0.5) is 0 Å². The molecule has 0 atom stereocenters. The number of amides is 1. The van der Waals surface area contributed by atoms with Crippen molar-refractivity contribution in [3.05, 3.63) is 53.1 Å². The van der Waals surface area contributed by atoms with E-state index in [1.807, 2.05) is 19.1 Å². The van der Waals surface area contributed by atoms with Gasteiger partial charge in [-0.25, -0.2) is 4.98 Å². The van der Waals surface area contributed by atoms with Gasteiger partial charge in [0.25, 0.3) is 0 Å². The number of benzene rings is 1. The highest BCUT2D eigenvalue weighted by molar-refractivity contribution is 5.80. The summed E-state index contributed by atoms with van der Waals surface area (Å²) in [7, 11) is 0. The number of carbonyl (C=O) groups excluding carboxylic acids is 1. The summed E-state index contributed by atoms with van der Waals surface area (Å²) in [5.74, 6) is 0.0795. The second-order valence-corrected chi connectivity index (χ2v) is 5.83. The van der Waals surface area contributed by atoms with Gasteiger partial charge in [-0.3, -0.25) is 4.79 Å². The number of nitrogens with zero attached hydrogens (tertiary/aromatic N) is 2. The Morgan fingerprint density at radius 1 is 1.36 bits per heavy atom. The van der Waals surface area contributed by atoms with Crippen LogP contribution in [0.2, 0.25) is 0 Å². The second-order valence-electron chi connectivity index (χ2n) is 5.83. The van der Waals surface area contributed by atoms with E-state index < -0.39 is 0 Å². The van der Waals surface area contributed by atoms with Crippen LogP contribution in [-0.2, 0) is 24.2 Å². The summed E-state index contributed by atoms with van der Waals surface area (Å²) in [5, 5.41) is 9.28. The molecule has 0 aliphatic heterocycles. The van der Waals surface area contributed by atoms with Crippen LogP contribution in [0.3, 0.4) is 0 Å². The number of aromatic amines is 1. The molecule has 1 amide bonds. The van der Waals surface area contributed by atoms with Crippen LogP contribution in [0, 0.1) is 12.8 Å². The lowest BCUT2D eigenvalue weighted by Gasteiger charge is -2.24. The summed E-state index contributed by atoms with van der Waals surface area (Å²) in [4.78, 5) is 21.8. The van der Waals surface area contributed by atoms with Crippen molar-refractivity contribution in [2.75, 3.05) is 13.2 Å². The molecule has 116 valence electrons. The van der Waals surface area contributed by atoms with Crippen molar-refractivity contribution >= 4 is 5.91 Å². The van der Waals surface area contributed by atoms with E-state index in [-0.39, 0.29) is 18.4 Å². The molecule has 2 N–H and O–H groups in total. The third kappa shape index (κ3) is 2.90. The van der Waals surface area contributed by atoms with E-state index in [0.29, 0.717) is 13.1 Å². The summed E-state index contributed by atoms with van der Waals surface area (Å²) in [6.45, 7) is 2.70. The molecule has 0 bridgehead atoms.